The van der Waals surface area contributed by atoms with E-state index in [0.29, 0.717) is 23.6 Å². The molecule has 0 saturated carbocycles. The van der Waals surface area contributed by atoms with Crippen molar-refractivity contribution in [1.82, 2.24) is 0 Å². The molecule has 1 atom stereocenters. The zero-order valence-corrected chi connectivity index (χ0v) is 16.4. The molecule has 3 aromatic rings. The lowest BCUT2D eigenvalue weighted by molar-refractivity contribution is -0.384. The van der Waals surface area contributed by atoms with Gasteiger partial charge in [-0.1, -0.05) is 18.2 Å². The van der Waals surface area contributed by atoms with Gasteiger partial charge in [0.1, 0.15) is 11.6 Å². The minimum atomic E-state index is -0.471. The average molecular weight is 408 g/mol. The van der Waals surface area contributed by atoms with Crippen LogP contribution >= 0.6 is 0 Å². The fourth-order valence-corrected chi connectivity index (χ4v) is 3.06. The van der Waals surface area contributed by atoms with Crippen molar-refractivity contribution in [3.05, 3.63) is 99.9 Å². The summed E-state index contributed by atoms with van der Waals surface area (Å²) in [5, 5.41) is 14.3. The lowest BCUT2D eigenvalue weighted by atomic mass is 9.97. The zero-order chi connectivity index (χ0) is 21.5. The number of hydrogen-bond acceptors (Lipinski definition) is 5. The zero-order valence-electron chi connectivity index (χ0n) is 16.4. The topological polar surface area (TPSA) is 81.5 Å². The van der Waals surface area contributed by atoms with Gasteiger partial charge in [0, 0.05) is 29.8 Å². The molecule has 0 spiro atoms. The SMILES string of the molecule is CCOc1ccc(C(CC(=O)c2ccc(F)cc2)Nc2cccc([N+](=O)[O-])c2)cc1. The van der Waals surface area contributed by atoms with Crippen LogP contribution in [0.4, 0.5) is 15.8 Å². The molecule has 7 heteroatoms. The molecular weight excluding hydrogens is 387 g/mol. The minimum absolute atomic E-state index is 0.0460. The Hall–Kier alpha value is -3.74. The summed E-state index contributed by atoms with van der Waals surface area (Å²) in [6.45, 7) is 2.43. The number of ether oxygens (including phenoxy) is 1. The molecule has 0 aliphatic heterocycles. The number of rotatable bonds is 9. The summed E-state index contributed by atoms with van der Waals surface area (Å²) in [7, 11) is 0. The van der Waals surface area contributed by atoms with Gasteiger partial charge in [-0.2, -0.15) is 0 Å². The van der Waals surface area contributed by atoms with Gasteiger partial charge in [-0.15, -0.1) is 0 Å². The molecule has 0 radical (unpaired) electrons. The molecule has 30 heavy (non-hydrogen) atoms. The third-order valence-corrected chi connectivity index (χ3v) is 4.55. The van der Waals surface area contributed by atoms with Gasteiger partial charge in [0.05, 0.1) is 17.6 Å². The summed E-state index contributed by atoms with van der Waals surface area (Å²) in [6.07, 6.45) is 0.0856. The number of nitrogens with one attached hydrogen (secondary N) is 1. The van der Waals surface area contributed by atoms with E-state index in [2.05, 4.69) is 5.32 Å². The van der Waals surface area contributed by atoms with Crippen LogP contribution < -0.4 is 10.1 Å². The number of nitro benzene ring substituents is 1. The molecule has 1 unspecified atom stereocenters. The molecule has 3 rings (SSSR count). The van der Waals surface area contributed by atoms with Crippen LogP contribution in [0.15, 0.2) is 72.8 Å². The quantitative estimate of drug-likeness (QED) is 0.285. The normalized spacial score (nSPS) is 11.5. The number of anilines is 1. The van der Waals surface area contributed by atoms with E-state index in [0.717, 1.165) is 5.56 Å². The van der Waals surface area contributed by atoms with Crippen molar-refractivity contribution in [1.29, 1.82) is 0 Å². The van der Waals surface area contributed by atoms with Crippen LogP contribution in [0.25, 0.3) is 0 Å². The second kappa shape index (κ2) is 9.65. The first-order chi connectivity index (χ1) is 14.5. The molecule has 0 aliphatic carbocycles. The largest absolute Gasteiger partial charge is 0.494 e. The molecule has 0 saturated heterocycles. The fraction of sp³-hybridized carbons (Fsp3) is 0.174. The molecule has 6 nitrogen and oxygen atoms in total. The Balaban J connectivity index is 1.87. The minimum Gasteiger partial charge on any atom is -0.494 e. The van der Waals surface area contributed by atoms with Crippen LogP contribution in [-0.4, -0.2) is 17.3 Å². The summed E-state index contributed by atoms with van der Waals surface area (Å²) in [6, 6.07) is 18.3. The lowest BCUT2D eigenvalue weighted by Gasteiger charge is -2.20. The number of ketones is 1. The molecule has 0 amide bonds. The summed E-state index contributed by atoms with van der Waals surface area (Å²) in [5.41, 5.74) is 1.69. The number of Topliss-reactive ketones (excluding diaryl/α,β-unsaturated/α-hetero) is 1. The van der Waals surface area contributed by atoms with E-state index >= 15 is 0 Å². The van der Waals surface area contributed by atoms with Crippen LogP contribution in [-0.2, 0) is 0 Å². The summed E-state index contributed by atoms with van der Waals surface area (Å²) >= 11 is 0. The highest BCUT2D eigenvalue weighted by Crippen LogP contribution is 2.28. The number of carbonyl (C=O) groups is 1. The van der Waals surface area contributed by atoms with Crippen molar-refractivity contribution in [2.24, 2.45) is 0 Å². The number of benzene rings is 3. The maximum Gasteiger partial charge on any atom is 0.271 e. The highest BCUT2D eigenvalue weighted by atomic mass is 19.1. The summed E-state index contributed by atoms with van der Waals surface area (Å²) < 4.78 is 18.6. The van der Waals surface area contributed by atoms with Gasteiger partial charge in [0.2, 0.25) is 0 Å². The molecule has 3 aromatic carbocycles. The lowest BCUT2D eigenvalue weighted by Crippen LogP contribution is -2.16. The number of hydrogen-bond donors (Lipinski definition) is 1. The summed E-state index contributed by atoms with van der Waals surface area (Å²) in [5.74, 6) is 0.122. The highest BCUT2D eigenvalue weighted by molar-refractivity contribution is 5.96. The van der Waals surface area contributed by atoms with E-state index in [4.69, 9.17) is 4.74 Å². The second-order valence-electron chi connectivity index (χ2n) is 6.64. The van der Waals surface area contributed by atoms with E-state index < -0.39 is 16.8 Å². The smallest absolute Gasteiger partial charge is 0.271 e. The van der Waals surface area contributed by atoms with Crippen LogP contribution in [0.1, 0.15) is 35.3 Å². The molecular formula is C23H21FN2O4. The van der Waals surface area contributed by atoms with E-state index in [1.54, 1.807) is 12.1 Å². The van der Waals surface area contributed by atoms with Gasteiger partial charge in [0.25, 0.3) is 5.69 Å². The predicted molar refractivity (Wildman–Crippen MR) is 112 cm³/mol. The van der Waals surface area contributed by atoms with Crippen LogP contribution in [0.3, 0.4) is 0 Å². The first-order valence-electron chi connectivity index (χ1n) is 9.49. The third kappa shape index (κ3) is 5.41. The van der Waals surface area contributed by atoms with Crippen LogP contribution in [0.5, 0.6) is 5.75 Å². The molecule has 0 aromatic heterocycles. The summed E-state index contributed by atoms with van der Waals surface area (Å²) in [4.78, 5) is 23.4. The first kappa shape index (κ1) is 21.0. The van der Waals surface area contributed by atoms with Gasteiger partial charge in [-0.05, 0) is 55.0 Å². The Morgan fingerprint density at radius 3 is 2.43 bits per heavy atom. The van der Waals surface area contributed by atoms with Gasteiger partial charge >= 0.3 is 0 Å². The molecule has 0 bridgehead atoms. The molecule has 0 heterocycles. The average Bonchev–Trinajstić information content (AvgIpc) is 2.74. The van der Waals surface area contributed by atoms with Gasteiger partial charge in [0.15, 0.2) is 5.78 Å². The van der Waals surface area contributed by atoms with Crippen molar-refractivity contribution in [3.63, 3.8) is 0 Å². The molecule has 0 fully saturated rings. The number of nitro groups is 1. The van der Waals surface area contributed by atoms with Crippen LogP contribution in [0.2, 0.25) is 0 Å². The fourth-order valence-electron chi connectivity index (χ4n) is 3.06. The van der Waals surface area contributed by atoms with Gasteiger partial charge < -0.3 is 10.1 Å². The van der Waals surface area contributed by atoms with Crippen molar-refractivity contribution >= 4 is 17.2 Å². The molecule has 0 aliphatic rings. The Kier molecular flexibility index (Phi) is 6.75. The maximum atomic E-state index is 13.2. The number of halogens is 1. The van der Waals surface area contributed by atoms with Crippen molar-refractivity contribution in [3.8, 4) is 5.75 Å². The van der Waals surface area contributed by atoms with Crippen molar-refractivity contribution < 1.29 is 18.8 Å². The highest BCUT2D eigenvalue weighted by Gasteiger charge is 2.19. The number of carbonyl (C=O) groups excluding carboxylic acids is 1. The molecule has 154 valence electrons. The molecule has 1 N–H and O–H groups in total. The van der Waals surface area contributed by atoms with Gasteiger partial charge in [-0.3, -0.25) is 14.9 Å². The third-order valence-electron chi connectivity index (χ3n) is 4.55. The van der Waals surface area contributed by atoms with Crippen molar-refractivity contribution in [2.45, 2.75) is 19.4 Å². The first-order valence-corrected chi connectivity index (χ1v) is 9.49. The van der Waals surface area contributed by atoms with Crippen molar-refractivity contribution in [2.75, 3.05) is 11.9 Å². The van der Waals surface area contributed by atoms with Gasteiger partial charge in [-0.25, -0.2) is 4.39 Å². The number of non-ortho nitro benzene ring substituents is 1. The Bertz CT molecular complexity index is 1020. The Morgan fingerprint density at radius 2 is 1.80 bits per heavy atom. The Morgan fingerprint density at radius 1 is 1.10 bits per heavy atom. The van der Waals surface area contributed by atoms with E-state index in [1.165, 1.54) is 36.4 Å². The monoisotopic (exact) mass is 408 g/mol. The number of nitrogens with zero attached hydrogens (tertiary/aromatic N) is 1. The standard InChI is InChI=1S/C23H21FN2O4/c1-2-30-21-12-8-16(9-13-21)22(15-23(27)17-6-10-18(24)11-7-17)25-19-4-3-5-20(14-19)26(28)29/h3-14,22,25H,2,15H2,1H3. The Labute approximate surface area is 173 Å². The maximum absolute atomic E-state index is 13.2. The van der Waals surface area contributed by atoms with E-state index in [-0.39, 0.29) is 17.9 Å². The predicted octanol–water partition coefficient (Wildman–Crippen LogP) is 5.56. The van der Waals surface area contributed by atoms with E-state index in [1.807, 2.05) is 31.2 Å². The van der Waals surface area contributed by atoms with E-state index in [9.17, 15) is 19.3 Å². The van der Waals surface area contributed by atoms with Crippen LogP contribution in [0, 0.1) is 15.9 Å². The second-order valence-corrected chi connectivity index (χ2v) is 6.64.